The summed E-state index contributed by atoms with van der Waals surface area (Å²) < 4.78 is 18.5. The number of amides is 1. The average molecular weight is 232 g/mol. The molecule has 0 bridgehead atoms. The van der Waals surface area contributed by atoms with Gasteiger partial charge in [-0.3, -0.25) is 15.4 Å². The van der Waals surface area contributed by atoms with Crippen molar-refractivity contribution in [3.8, 4) is 0 Å². The number of nitrogens with zero attached hydrogens (tertiary/aromatic N) is 1. The number of hydrogen-bond acceptors (Lipinski definition) is 4. The number of rotatable bonds is 0. The molecule has 1 rings (SSSR count). The zero-order valence-corrected chi connectivity index (χ0v) is 9.75. The van der Waals surface area contributed by atoms with Crippen LogP contribution in [-0.2, 0) is 9.53 Å². The quantitative estimate of drug-likeness (QED) is 0.627. The molecule has 0 radical (unpaired) electrons. The molecular weight excluding hydrogens is 215 g/mol. The third-order valence-corrected chi connectivity index (χ3v) is 1.96. The van der Waals surface area contributed by atoms with Crippen LogP contribution in [0.15, 0.2) is 0 Å². The monoisotopic (exact) mass is 232 g/mol. The number of piperidine rings is 1. The van der Waals surface area contributed by atoms with Crippen LogP contribution in [-0.4, -0.2) is 41.3 Å². The third kappa shape index (κ3) is 3.77. The molecule has 0 saturated carbocycles. The van der Waals surface area contributed by atoms with Crippen molar-refractivity contribution in [2.24, 2.45) is 5.73 Å². The summed E-state index contributed by atoms with van der Waals surface area (Å²) in [7, 11) is 0. The minimum Gasteiger partial charge on any atom is -0.444 e. The van der Waals surface area contributed by atoms with Crippen LogP contribution in [0, 0.1) is 0 Å². The Labute approximate surface area is 93.7 Å². The Kier molecular flexibility index (Phi) is 3.23. The van der Waals surface area contributed by atoms with Crippen LogP contribution >= 0.6 is 0 Å². The first-order valence-corrected chi connectivity index (χ1v) is 5.06. The van der Waals surface area contributed by atoms with Gasteiger partial charge in [-0.25, -0.2) is 9.18 Å². The Morgan fingerprint density at radius 2 is 2.12 bits per heavy atom. The number of hydrogen-bond donors (Lipinski definition) is 1. The van der Waals surface area contributed by atoms with E-state index in [1.807, 2.05) is 0 Å². The van der Waals surface area contributed by atoms with Crippen LogP contribution in [0.2, 0.25) is 0 Å². The minimum atomic E-state index is -2.15. The molecule has 1 saturated heterocycles. The van der Waals surface area contributed by atoms with E-state index in [0.717, 1.165) is 4.90 Å². The Hall–Kier alpha value is -1.17. The first kappa shape index (κ1) is 12.9. The number of carbonyl (C=O) groups is 2. The highest BCUT2D eigenvalue weighted by atomic mass is 19.1. The van der Waals surface area contributed by atoms with Crippen molar-refractivity contribution in [2.45, 2.75) is 38.6 Å². The summed E-state index contributed by atoms with van der Waals surface area (Å²) in [5, 5.41) is 0. The summed E-state index contributed by atoms with van der Waals surface area (Å²) in [6.45, 7) is 4.64. The van der Waals surface area contributed by atoms with Crippen LogP contribution in [0.25, 0.3) is 0 Å². The van der Waals surface area contributed by atoms with E-state index in [0.29, 0.717) is 0 Å². The van der Waals surface area contributed by atoms with Crippen molar-refractivity contribution in [3.63, 3.8) is 0 Å². The van der Waals surface area contributed by atoms with Gasteiger partial charge in [0, 0.05) is 0 Å². The van der Waals surface area contributed by atoms with E-state index in [2.05, 4.69) is 0 Å². The van der Waals surface area contributed by atoms with E-state index in [1.165, 1.54) is 0 Å². The summed E-state index contributed by atoms with van der Waals surface area (Å²) in [5.74, 6) is -2.55. The molecule has 6 heteroatoms. The Balaban J connectivity index is 2.66. The van der Waals surface area contributed by atoms with Gasteiger partial charge in [-0.05, 0) is 20.8 Å². The van der Waals surface area contributed by atoms with Gasteiger partial charge in [-0.2, -0.15) is 0 Å². The second-order valence-electron chi connectivity index (χ2n) is 5.09. The molecule has 0 spiro atoms. The first-order chi connectivity index (χ1) is 7.09. The molecule has 1 fully saturated rings. The second-order valence-corrected chi connectivity index (χ2v) is 5.09. The number of likely N-dealkylation sites (tertiary alicyclic amines) is 1. The maximum absolute atomic E-state index is 13.5. The molecule has 0 aromatic heterocycles. The van der Waals surface area contributed by atoms with E-state index in [9.17, 15) is 14.0 Å². The van der Waals surface area contributed by atoms with Gasteiger partial charge in [0.05, 0.1) is 19.5 Å². The molecule has 1 heterocycles. The van der Waals surface area contributed by atoms with Crippen molar-refractivity contribution >= 4 is 11.9 Å². The van der Waals surface area contributed by atoms with Gasteiger partial charge in [-0.15, -0.1) is 0 Å². The number of carbonyl (C=O) groups excluding carboxylic acids is 2. The molecule has 1 aliphatic rings. The molecule has 92 valence electrons. The lowest BCUT2D eigenvalue weighted by Crippen LogP contribution is -2.57. The van der Waals surface area contributed by atoms with Gasteiger partial charge in [0.1, 0.15) is 5.60 Å². The van der Waals surface area contributed by atoms with Crippen LogP contribution in [0.4, 0.5) is 9.18 Å². The zero-order chi connectivity index (χ0) is 12.6. The highest BCUT2D eigenvalue weighted by molar-refractivity contribution is 5.86. The lowest BCUT2D eigenvalue weighted by atomic mass is 10.0. The average Bonchev–Trinajstić information content (AvgIpc) is 1.96. The molecule has 1 atom stereocenters. The van der Waals surface area contributed by atoms with E-state index < -0.39 is 23.3 Å². The van der Waals surface area contributed by atoms with E-state index in [-0.39, 0.29) is 19.5 Å². The molecule has 1 amide bonds. The maximum atomic E-state index is 13.5. The van der Waals surface area contributed by atoms with Crippen molar-refractivity contribution in [1.82, 2.24) is 4.90 Å². The zero-order valence-electron chi connectivity index (χ0n) is 9.75. The van der Waals surface area contributed by atoms with Gasteiger partial charge in [0.2, 0.25) is 0 Å². The molecular formula is C10H17FN2O3. The van der Waals surface area contributed by atoms with E-state index in [1.54, 1.807) is 20.8 Å². The van der Waals surface area contributed by atoms with Crippen molar-refractivity contribution in [1.29, 1.82) is 0 Å². The number of ether oxygens (including phenoxy) is 1. The topological polar surface area (TPSA) is 72.6 Å². The number of ketones is 1. The number of Topliss-reactive ketones (excluding diaryl/α,β-unsaturated/α-hetero) is 1. The van der Waals surface area contributed by atoms with E-state index >= 15 is 0 Å². The summed E-state index contributed by atoms with van der Waals surface area (Å²) in [6, 6.07) is 0. The second kappa shape index (κ2) is 4.01. The maximum Gasteiger partial charge on any atom is 0.410 e. The van der Waals surface area contributed by atoms with Gasteiger partial charge >= 0.3 is 6.09 Å². The van der Waals surface area contributed by atoms with Crippen LogP contribution in [0.5, 0.6) is 0 Å². The minimum absolute atomic E-state index is 0.141. The third-order valence-electron chi connectivity index (χ3n) is 1.96. The van der Waals surface area contributed by atoms with Gasteiger partial charge in [0.15, 0.2) is 11.6 Å². The molecule has 0 aromatic rings. The largest absolute Gasteiger partial charge is 0.444 e. The molecule has 16 heavy (non-hydrogen) atoms. The van der Waals surface area contributed by atoms with Crippen molar-refractivity contribution in [2.75, 3.05) is 13.1 Å². The summed E-state index contributed by atoms with van der Waals surface area (Å²) >= 11 is 0. The Morgan fingerprint density at radius 3 is 2.56 bits per heavy atom. The SMILES string of the molecule is CC(C)(C)OC(=O)N1CC(=O)CC(N)(F)C1. The fourth-order valence-electron chi connectivity index (χ4n) is 1.48. The Morgan fingerprint density at radius 1 is 1.56 bits per heavy atom. The van der Waals surface area contributed by atoms with Crippen molar-refractivity contribution < 1.29 is 18.7 Å². The fraction of sp³-hybridized carbons (Fsp3) is 0.800. The number of alkyl halides is 1. The molecule has 1 unspecified atom stereocenters. The van der Waals surface area contributed by atoms with E-state index in [4.69, 9.17) is 10.5 Å². The van der Waals surface area contributed by atoms with Gasteiger partial charge < -0.3 is 4.74 Å². The predicted octanol–water partition coefficient (Wildman–Crippen LogP) is 0.821. The lowest BCUT2D eigenvalue weighted by Gasteiger charge is -2.34. The van der Waals surface area contributed by atoms with Crippen molar-refractivity contribution in [3.05, 3.63) is 0 Å². The van der Waals surface area contributed by atoms with Gasteiger partial charge in [-0.1, -0.05) is 0 Å². The molecule has 5 nitrogen and oxygen atoms in total. The summed E-state index contributed by atoms with van der Waals surface area (Å²) in [4.78, 5) is 23.8. The predicted molar refractivity (Wildman–Crippen MR) is 55.5 cm³/mol. The molecule has 0 aromatic carbocycles. The summed E-state index contributed by atoms with van der Waals surface area (Å²) in [5.41, 5.74) is 4.55. The standard InChI is InChI=1S/C10H17FN2O3/c1-9(2,3)16-8(15)13-5-7(14)4-10(11,12)6-13/h4-6,12H2,1-3H3. The molecule has 2 N–H and O–H groups in total. The number of nitrogens with two attached hydrogens (primary N) is 1. The van der Waals surface area contributed by atoms with Crippen LogP contribution in [0.3, 0.4) is 0 Å². The Bertz CT molecular complexity index is 310. The lowest BCUT2D eigenvalue weighted by molar-refractivity contribution is -0.127. The van der Waals surface area contributed by atoms with Crippen LogP contribution in [0.1, 0.15) is 27.2 Å². The molecule has 0 aliphatic carbocycles. The fourth-order valence-corrected chi connectivity index (χ4v) is 1.48. The van der Waals surface area contributed by atoms with Crippen LogP contribution < -0.4 is 5.73 Å². The highest BCUT2D eigenvalue weighted by Crippen LogP contribution is 2.19. The smallest absolute Gasteiger partial charge is 0.410 e. The normalized spacial score (nSPS) is 26.8. The number of halogens is 1. The first-order valence-electron chi connectivity index (χ1n) is 5.06. The highest BCUT2D eigenvalue weighted by Gasteiger charge is 2.39. The van der Waals surface area contributed by atoms with Gasteiger partial charge in [0.25, 0.3) is 0 Å². The summed E-state index contributed by atoms with van der Waals surface area (Å²) in [6.07, 6.45) is -1.07. The molecule has 1 aliphatic heterocycles.